The third-order valence-corrected chi connectivity index (χ3v) is 1.93. The Morgan fingerprint density at radius 2 is 2.50 bits per heavy atom. The fourth-order valence-corrected chi connectivity index (χ4v) is 1.48. The van der Waals surface area contributed by atoms with Crippen LogP contribution in [0.3, 0.4) is 0 Å². The second-order valence-electron chi connectivity index (χ2n) is 3.17. The van der Waals surface area contributed by atoms with Gasteiger partial charge in [0.1, 0.15) is 0 Å². The van der Waals surface area contributed by atoms with E-state index in [1.165, 1.54) is 6.42 Å². The Labute approximate surface area is 62.2 Å². The molecule has 60 valence electrons. The van der Waals surface area contributed by atoms with Crippen molar-refractivity contribution in [1.82, 2.24) is 0 Å². The first-order valence-corrected chi connectivity index (χ1v) is 4.05. The number of rotatable bonds is 2. The second kappa shape index (κ2) is 3.94. The Morgan fingerprint density at radius 1 is 1.70 bits per heavy atom. The van der Waals surface area contributed by atoms with Gasteiger partial charge in [-0.05, 0) is 32.1 Å². The van der Waals surface area contributed by atoms with E-state index >= 15 is 0 Å². The standard InChI is InChI=1S/C8H16O2/c1-7(9)5-8-3-2-4-10-6-8/h7-9H,2-6H2,1H3/t7-,8?/m0/s1. The van der Waals surface area contributed by atoms with E-state index in [1.54, 1.807) is 0 Å². The van der Waals surface area contributed by atoms with Crippen molar-refractivity contribution in [2.75, 3.05) is 13.2 Å². The molecule has 0 aromatic rings. The van der Waals surface area contributed by atoms with Crippen molar-refractivity contribution in [3.8, 4) is 0 Å². The molecule has 1 saturated heterocycles. The highest BCUT2D eigenvalue weighted by Crippen LogP contribution is 2.18. The van der Waals surface area contributed by atoms with Crippen LogP contribution in [-0.2, 0) is 4.74 Å². The lowest BCUT2D eigenvalue weighted by atomic mass is 9.96. The quantitative estimate of drug-likeness (QED) is 0.630. The van der Waals surface area contributed by atoms with Gasteiger partial charge in [0.2, 0.25) is 0 Å². The second-order valence-corrected chi connectivity index (χ2v) is 3.17. The molecule has 1 unspecified atom stereocenters. The maximum atomic E-state index is 9.05. The fourth-order valence-electron chi connectivity index (χ4n) is 1.48. The molecule has 1 N–H and O–H groups in total. The summed E-state index contributed by atoms with van der Waals surface area (Å²) in [6.45, 7) is 3.61. The van der Waals surface area contributed by atoms with Gasteiger partial charge in [-0.3, -0.25) is 0 Å². The molecule has 0 radical (unpaired) electrons. The van der Waals surface area contributed by atoms with Gasteiger partial charge in [-0.15, -0.1) is 0 Å². The molecule has 1 fully saturated rings. The summed E-state index contributed by atoms with van der Waals surface area (Å²) in [6, 6.07) is 0. The first-order valence-electron chi connectivity index (χ1n) is 4.05. The van der Waals surface area contributed by atoms with Gasteiger partial charge in [0, 0.05) is 13.2 Å². The average Bonchev–Trinajstić information content (AvgIpc) is 1.88. The van der Waals surface area contributed by atoms with E-state index in [0.717, 1.165) is 26.1 Å². The van der Waals surface area contributed by atoms with Gasteiger partial charge in [0.25, 0.3) is 0 Å². The first kappa shape index (κ1) is 8.02. The zero-order valence-electron chi connectivity index (χ0n) is 6.55. The van der Waals surface area contributed by atoms with E-state index in [9.17, 15) is 0 Å². The summed E-state index contributed by atoms with van der Waals surface area (Å²) in [5.41, 5.74) is 0. The molecule has 0 saturated carbocycles. The summed E-state index contributed by atoms with van der Waals surface area (Å²) in [5.74, 6) is 0.605. The summed E-state index contributed by atoms with van der Waals surface area (Å²) in [4.78, 5) is 0. The van der Waals surface area contributed by atoms with Crippen LogP contribution >= 0.6 is 0 Å². The Kier molecular flexibility index (Phi) is 3.16. The highest BCUT2D eigenvalue weighted by Gasteiger charge is 2.15. The summed E-state index contributed by atoms with van der Waals surface area (Å²) >= 11 is 0. The topological polar surface area (TPSA) is 29.5 Å². The molecule has 1 aliphatic rings. The minimum absolute atomic E-state index is 0.160. The van der Waals surface area contributed by atoms with Crippen LogP contribution in [0.25, 0.3) is 0 Å². The average molecular weight is 144 g/mol. The van der Waals surface area contributed by atoms with Crippen LogP contribution in [0, 0.1) is 5.92 Å². The van der Waals surface area contributed by atoms with Gasteiger partial charge in [0.15, 0.2) is 0 Å². The number of aliphatic hydroxyl groups excluding tert-OH is 1. The lowest BCUT2D eigenvalue weighted by Crippen LogP contribution is -2.20. The number of aliphatic hydroxyl groups is 1. The van der Waals surface area contributed by atoms with Crippen molar-refractivity contribution in [3.63, 3.8) is 0 Å². The molecule has 2 atom stereocenters. The molecule has 0 amide bonds. The number of ether oxygens (including phenoxy) is 1. The molecule has 0 aliphatic carbocycles. The Hall–Kier alpha value is -0.0800. The van der Waals surface area contributed by atoms with E-state index in [1.807, 2.05) is 6.92 Å². The highest BCUT2D eigenvalue weighted by molar-refractivity contribution is 4.65. The van der Waals surface area contributed by atoms with E-state index in [-0.39, 0.29) is 6.10 Å². The molecule has 1 aliphatic heterocycles. The van der Waals surface area contributed by atoms with Gasteiger partial charge >= 0.3 is 0 Å². The van der Waals surface area contributed by atoms with Crippen molar-refractivity contribution < 1.29 is 9.84 Å². The van der Waals surface area contributed by atoms with E-state index in [4.69, 9.17) is 9.84 Å². The third kappa shape index (κ3) is 2.67. The summed E-state index contributed by atoms with van der Waals surface area (Å²) in [7, 11) is 0. The molecule has 0 aromatic carbocycles. The van der Waals surface area contributed by atoms with Crippen LogP contribution < -0.4 is 0 Å². The SMILES string of the molecule is C[C@H](O)CC1CCCOC1. The molecule has 2 heteroatoms. The molecule has 1 rings (SSSR count). The number of hydrogen-bond acceptors (Lipinski definition) is 2. The van der Waals surface area contributed by atoms with Crippen LogP contribution in [0.1, 0.15) is 26.2 Å². The monoisotopic (exact) mass is 144 g/mol. The lowest BCUT2D eigenvalue weighted by molar-refractivity contribution is 0.0326. The molecular formula is C8H16O2. The predicted octanol–water partition coefficient (Wildman–Crippen LogP) is 1.18. The maximum absolute atomic E-state index is 9.05. The summed E-state index contributed by atoms with van der Waals surface area (Å²) in [6.07, 6.45) is 3.13. The third-order valence-electron chi connectivity index (χ3n) is 1.93. The molecule has 0 bridgehead atoms. The van der Waals surface area contributed by atoms with Gasteiger partial charge < -0.3 is 9.84 Å². The molecule has 1 heterocycles. The van der Waals surface area contributed by atoms with Gasteiger partial charge in [-0.2, -0.15) is 0 Å². The molecule has 0 spiro atoms. The van der Waals surface area contributed by atoms with Crippen molar-refractivity contribution in [2.24, 2.45) is 5.92 Å². The van der Waals surface area contributed by atoms with E-state index < -0.39 is 0 Å². The highest BCUT2D eigenvalue weighted by atomic mass is 16.5. The smallest absolute Gasteiger partial charge is 0.0515 e. The van der Waals surface area contributed by atoms with E-state index in [0.29, 0.717) is 5.92 Å². The zero-order chi connectivity index (χ0) is 7.40. The minimum Gasteiger partial charge on any atom is -0.393 e. The molecule has 0 aromatic heterocycles. The Bertz CT molecular complexity index is 85.3. The van der Waals surface area contributed by atoms with Crippen molar-refractivity contribution >= 4 is 0 Å². The zero-order valence-corrected chi connectivity index (χ0v) is 6.55. The van der Waals surface area contributed by atoms with Gasteiger partial charge in [-0.1, -0.05) is 0 Å². The van der Waals surface area contributed by atoms with Gasteiger partial charge in [-0.25, -0.2) is 0 Å². The Morgan fingerprint density at radius 3 is 3.00 bits per heavy atom. The summed E-state index contributed by atoms with van der Waals surface area (Å²) in [5, 5.41) is 9.05. The maximum Gasteiger partial charge on any atom is 0.0515 e. The predicted molar refractivity (Wildman–Crippen MR) is 39.8 cm³/mol. The Balaban J connectivity index is 2.13. The van der Waals surface area contributed by atoms with Crippen molar-refractivity contribution in [1.29, 1.82) is 0 Å². The number of hydrogen-bond donors (Lipinski definition) is 1. The van der Waals surface area contributed by atoms with E-state index in [2.05, 4.69) is 0 Å². The van der Waals surface area contributed by atoms with Crippen LogP contribution in [0.4, 0.5) is 0 Å². The normalized spacial score (nSPS) is 30.0. The van der Waals surface area contributed by atoms with Crippen LogP contribution in [-0.4, -0.2) is 24.4 Å². The minimum atomic E-state index is -0.160. The first-order chi connectivity index (χ1) is 4.79. The summed E-state index contributed by atoms with van der Waals surface area (Å²) < 4.78 is 5.27. The molecule has 10 heavy (non-hydrogen) atoms. The largest absolute Gasteiger partial charge is 0.393 e. The van der Waals surface area contributed by atoms with Crippen molar-refractivity contribution in [2.45, 2.75) is 32.3 Å². The van der Waals surface area contributed by atoms with Crippen LogP contribution in [0.5, 0.6) is 0 Å². The molecular weight excluding hydrogens is 128 g/mol. The van der Waals surface area contributed by atoms with Gasteiger partial charge in [0.05, 0.1) is 6.10 Å². The van der Waals surface area contributed by atoms with Crippen LogP contribution in [0.15, 0.2) is 0 Å². The van der Waals surface area contributed by atoms with Crippen molar-refractivity contribution in [3.05, 3.63) is 0 Å². The lowest BCUT2D eigenvalue weighted by Gasteiger charge is -2.22. The fraction of sp³-hybridized carbons (Fsp3) is 1.00. The molecule has 2 nitrogen and oxygen atoms in total. The van der Waals surface area contributed by atoms with Crippen LogP contribution in [0.2, 0.25) is 0 Å².